The molecule has 2 aromatic rings. The Hall–Kier alpha value is -1.82. The fraction of sp³-hybridized carbons (Fsp3) is 0.263. The predicted molar refractivity (Wildman–Crippen MR) is 92.2 cm³/mol. The lowest BCUT2D eigenvalue weighted by Gasteiger charge is -2.41. The Morgan fingerprint density at radius 2 is 1.38 bits per heavy atom. The third-order valence-electron chi connectivity index (χ3n) is 4.26. The maximum absolute atomic E-state index is 11.8. The van der Waals surface area contributed by atoms with E-state index in [1.165, 1.54) is 0 Å². The van der Waals surface area contributed by atoms with Crippen LogP contribution in [0.2, 0.25) is 5.04 Å². The molecular weight excluding hydrogens is 272 g/mol. The van der Waals surface area contributed by atoms with Crippen LogP contribution in [0.25, 0.3) is 0 Å². The average molecular weight is 294 g/mol. The molecule has 2 rings (SSSR count). The van der Waals surface area contributed by atoms with Gasteiger partial charge in [0.2, 0.25) is 0 Å². The van der Waals surface area contributed by atoms with Crippen molar-refractivity contribution in [3.8, 4) is 12.3 Å². The molecule has 0 aliphatic heterocycles. The highest BCUT2D eigenvalue weighted by molar-refractivity contribution is 6.98. The third-order valence-corrected chi connectivity index (χ3v) is 8.80. The first-order chi connectivity index (χ1) is 10.0. The first kappa shape index (κ1) is 15.6. The van der Waals surface area contributed by atoms with Gasteiger partial charge in [0.05, 0.1) is 0 Å². The average Bonchev–Trinajstić information content (AvgIpc) is 2.53. The van der Waals surface area contributed by atoms with E-state index in [1.807, 2.05) is 60.7 Å². The number of terminal acetylenes is 1. The fourth-order valence-electron chi connectivity index (χ4n) is 2.87. The molecule has 0 unspecified atom stereocenters. The molecule has 2 heteroatoms. The first-order valence-corrected chi connectivity index (χ1v) is 9.24. The van der Waals surface area contributed by atoms with E-state index in [1.54, 1.807) is 0 Å². The SMILES string of the molecule is C#CCCC(C)(C)[Si](O)(c1ccccc1)c1ccccc1. The summed E-state index contributed by atoms with van der Waals surface area (Å²) in [6.07, 6.45) is 6.94. The summed E-state index contributed by atoms with van der Waals surface area (Å²) in [5.74, 6) is 2.71. The molecule has 0 radical (unpaired) electrons. The Morgan fingerprint density at radius 3 is 1.76 bits per heavy atom. The van der Waals surface area contributed by atoms with Crippen molar-refractivity contribution >= 4 is 18.7 Å². The molecule has 0 heterocycles. The lowest BCUT2D eigenvalue weighted by Crippen LogP contribution is -2.65. The molecule has 0 aliphatic carbocycles. The Balaban J connectivity index is 2.58. The maximum atomic E-state index is 11.8. The molecule has 0 aromatic heterocycles. The minimum Gasteiger partial charge on any atom is -0.424 e. The van der Waals surface area contributed by atoms with Gasteiger partial charge in [-0.15, -0.1) is 12.3 Å². The monoisotopic (exact) mass is 294 g/mol. The van der Waals surface area contributed by atoms with E-state index in [0.717, 1.165) is 16.8 Å². The summed E-state index contributed by atoms with van der Waals surface area (Å²) in [6, 6.07) is 20.1. The van der Waals surface area contributed by atoms with Crippen LogP contribution in [-0.2, 0) is 0 Å². The van der Waals surface area contributed by atoms with Crippen LogP contribution in [0.5, 0.6) is 0 Å². The van der Waals surface area contributed by atoms with Crippen molar-refractivity contribution in [2.24, 2.45) is 0 Å². The van der Waals surface area contributed by atoms with Gasteiger partial charge in [-0.25, -0.2) is 0 Å². The van der Waals surface area contributed by atoms with E-state index >= 15 is 0 Å². The highest BCUT2D eigenvalue weighted by atomic mass is 28.4. The second kappa shape index (κ2) is 6.30. The zero-order valence-electron chi connectivity index (χ0n) is 12.7. The Kier molecular flexibility index (Phi) is 4.67. The molecule has 0 saturated carbocycles. The lowest BCUT2D eigenvalue weighted by atomic mass is 10.1. The van der Waals surface area contributed by atoms with Gasteiger partial charge in [-0.05, 0) is 21.8 Å². The number of benzene rings is 2. The van der Waals surface area contributed by atoms with Crippen molar-refractivity contribution < 1.29 is 4.80 Å². The van der Waals surface area contributed by atoms with Crippen LogP contribution >= 0.6 is 0 Å². The van der Waals surface area contributed by atoms with Crippen LogP contribution in [0, 0.1) is 12.3 Å². The summed E-state index contributed by atoms with van der Waals surface area (Å²) in [7, 11) is -2.86. The smallest absolute Gasteiger partial charge is 0.258 e. The largest absolute Gasteiger partial charge is 0.424 e. The number of hydrogen-bond acceptors (Lipinski definition) is 1. The van der Waals surface area contributed by atoms with E-state index in [0.29, 0.717) is 6.42 Å². The molecule has 0 aliphatic rings. The molecular formula is C19H22OSi. The number of hydrogen-bond donors (Lipinski definition) is 1. The topological polar surface area (TPSA) is 20.2 Å². The fourth-order valence-corrected chi connectivity index (χ4v) is 6.61. The van der Waals surface area contributed by atoms with Crippen LogP contribution in [0.4, 0.5) is 0 Å². The zero-order valence-corrected chi connectivity index (χ0v) is 13.7. The van der Waals surface area contributed by atoms with Gasteiger partial charge < -0.3 is 4.80 Å². The van der Waals surface area contributed by atoms with Crippen molar-refractivity contribution in [3.05, 3.63) is 60.7 Å². The van der Waals surface area contributed by atoms with E-state index < -0.39 is 8.32 Å². The summed E-state index contributed by atoms with van der Waals surface area (Å²) in [6.45, 7) is 4.27. The minimum atomic E-state index is -2.86. The highest BCUT2D eigenvalue weighted by Crippen LogP contribution is 2.39. The molecule has 108 valence electrons. The van der Waals surface area contributed by atoms with Gasteiger partial charge >= 0.3 is 0 Å². The van der Waals surface area contributed by atoms with Gasteiger partial charge in [-0.3, -0.25) is 0 Å². The molecule has 21 heavy (non-hydrogen) atoms. The molecule has 0 amide bonds. The van der Waals surface area contributed by atoms with E-state index in [2.05, 4.69) is 19.8 Å². The van der Waals surface area contributed by atoms with Crippen molar-refractivity contribution in [3.63, 3.8) is 0 Å². The molecule has 1 nitrogen and oxygen atoms in total. The van der Waals surface area contributed by atoms with Gasteiger partial charge in [0.25, 0.3) is 8.32 Å². The third kappa shape index (κ3) is 2.95. The van der Waals surface area contributed by atoms with Gasteiger partial charge in [0.1, 0.15) is 0 Å². The Bertz CT molecular complexity index is 572. The molecule has 1 N–H and O–H groups in total. The molecule has 0 atom stereocenters. The van der Waals surface area contributed by atoms with E-state index in [9.17, 15) is 4.80 Å². The van der Waals surface area contributed by atoms with E-state index in [-0.39, 0.29) is 5.04 Å². The van der Waals surface area contributed by atoms with Crippen LogP contribution in [0.15, 0.2) is 60.7 Å². The molecule has 0 bridgehead atoms. The zero-order chi connectivity index (χ0) is 15.3. The standard InChI is InChI=1S/C19H22OSi/c1-4-5-16-19(2,3)21(20,17-12-8-6-9-13-17)18-14-10-7-11-15-18/h1,6-15,20H,5,16H2,2-3H3. The summed E-state index contributed by atoms with van der Waals surface area (Å²) in [5, 5.41) is 1.85. The molecule has 0 saturated heterocycles. The highest BCUT2D eigenvalue weighted by Gasteiger charge is 2.49. The van der Waals surface area contributed by atoms with Gasteiger partial charge in [-0.1, -0.05) is 74.5 Å². The van der Waals surface area contributed by atoms with Crippen LogP contribution in [-0.4, -0.2) is 13.1 Å². The minimum absolute atomic E-state index is 0.234. The summed E-state index contributed by atoms with van der Waals surface area (Å²) >= 11 is 0. The van der Waals surface area contributed by atoms with Crippen molar-refractivity contribution in [2.75, 3.05) is 0 Å². The van der Waals surface area contributed by atoms with Crippen LogP contribution in [0.3, 0.4) is 0 Å². The summed E-state index contributed by atoms with van der Waals surface area (Å²) < 4.78 is 0. The second-order valence-electron chi connectivity index (χ2n) is 6.03. The van der Waals surface area contributed by atoms with Crippen LogP contribution in [0.1, 0.15) is 26.7 Å². The van der Waals surface area contributed by atoms with Crippen molar-refractivity contribution in [1.82, 2.24) is 0 Å². The maximum Gasteiger partial charge on any atom is 0.258 e. The first-order valence-electron chi connectivity index (χ1n) is 7.29. The summed E-state index contributed by atoms with van der Waals surface area (Å²) in [5.41, 5.74) is 0. The normalized spacial score (nSPS) is 11.9. The molecule has 2 aromatic carbocycles. The van der Waals surface area contributed by atoms with Gasteiger partial charge in [0, 0.05) is 6.42 Å². The lowest BCUT2D eigenvalue weighted by molar-refractivity contribution is 0.470. The molecule has 0 spiro atoms. The van der Waals surface area contributed by atoms with Crippen molar-refractivity contribution in [1.29, 1.82) is 0 Å². The Morgan fingerprint density at radius 1 is 0.952 bits per heavy atom. The van der Waals surface area contributed by atoms with Crippen molar-refractivity contribution in [2.45, 2.75) is 31.7 Å². The number of rotatable bonds is 5. The quantitative estimate of drug-likeness (QED) is 0.664. The van der Waals surface area contributed by atoms with Gasteiger partial charge in [0.15, 0.2) is 0 Å². The summed E-state index contributed by atoms with van der Waals surface area (Å²) in [4.78, 5) is 11.8. The Labute approximate surface area is 128 Å². The molecule has 0 fully saturated rings. The second-order valence-corrected chi connectivity index (χ2v) is 9.96. The van der Waals surface area contributed by atoms with Crippen LogP contribution < -0.4 is 10.4 Å². The van der Waals surface area contributed by atoms with Gasteiger partial charge in [-0.2, -0.15) is 0 Å². The van der Waals surface area contributed by atoms with E-state index in [4.69, 9.17) is 6.42 Å². The predicted octanol–water partition coefficient (Wildman–Crippen LogP) is 2.93.